The minimum absolute atomic E-state index is 0.0987. The zero-order chi connectivity index (χ0) is 11.1. The normalized spacial score (nSPS) is 31.8. The molecule has 1 aliphatic rings. The molecule has 0 amide bonds. The maximum absolute atomic E-state index is 9.61. The summed E-state index contributed by atoms with van der Waals surface area (Å²) in [5.41, 5.74) is -0.0987. The molecule has 1 saturated heterocycles. The van der Waals surface area contributed by atoms with E-state index in [-0.39, 0.29) is 12.1 Å². The predicted molar refractivity (Wildman–Crippen MR) is 61.0 cm³/mol. The number of piperidine rings is 1. The Labute approximate surface area is 92.4 Å². The van der Waals surface area contributed by atoms with Crippen molar-refractivity contribution in [1.29, 1.82) is 0 Å². The van der Waals surface area contributed by atoms with E-state index in [9.17, 15) is 5.11 Å². The Morgan fingerprint density at radius 1 is 1.60 bits per heavy atom. The minimum atomic E-state index is -0.0987. The molecule has 1 rings (SSSR count). The summed E-state index contributed by atoms with van der Waals surface area (Å²) in [5, 5.41) is 16.5. The molecule has 1 aliphatic heterocycles. The van der Waals surface area contributed by atoms with Gasteiger partial charge in [-0.2, -0.15) is 0 Å². The molecule has 0 aromatic carbocycles. The highest BCUT2D eigenvalue weighted by molar-refractivity contribution is 4.97. The van der Waals surface area contributed by atoms with Crippen LogP contribution in [0.1, 0.15) is 19.8 Å². The Balaban J connectivity index is 2.53. The summed E-state index contributed by atoms with van der Waals surface area (Å²) in [6.07, 6.45) is 2.08. The zero-order valence-corrected chi connectivity index (χ0v) is 9.88. The van der Waals surface area contributed by atoms with Crippen LogP contribution in [-0.4, -0.2) is 50.6 Å². The summed E-state index contributed by atoms with van der Waals surface area (Å²) in [4.78, 5) is 0. The Morgan fingerprint density at radius 2 is 2.40 bits per heavy atom. The van der Waals surface area contributed by atoms with Crippen molar-refractivity contribution >= 4 is 0 Å². The molecule has 0 aliphatic carbocycles. The van der Waals surface area contributed by atoms with Gasteiger partial charge in [0.15, 0.2) is 0 Å². The molecule has 4 nitrogen and oxygen atoms in total. The van der Waals surface area contributed by atoms with Gasteiger partial charge in [-0.1, -0.05) is 13.3 Å². The quantitative estimate of drug-likeness (QED) is 0.546. The van der Waals surface area contributed by atoms with Crippen LogP contribution < -0.4 is 10.6 Å². The van der Waals surface area contributed by atoms with Crippen molar-refractivity contribution in [2.75, 3.05) is 40.0 Å². The van der Waals surface area contributed by atoms with Gasteiger partial charge in [0.1, 0.15) is 0 Å². The molecule has 0 saturated carbocycles. The van der Waals surface area contributed by atoms with Crippen LogP contribution in [0.5, 0.6) is 0 Å². The van der Waals surface area contributed by atoms with Crippen molar-refractivity contribution in [3.05, 3.63) is 0 Å². The lowest BCUT2D eigenvalue weighted by Crippen LogP contribution is -2.61. The number of rotatable bonds is 6. The molecule has 2 atom stereocenters. The monoisotopic (exact) mass is 216 g/mol. The first-order valence-electron chi connectivity index (χ1n) is 5.84. The zero-order valence-electron chi connectivity index (χ0n) is 9.88. The Hall–Kier alpha value is -0.160. The number of ether oxygens (including phenoxy) is 1. The fraction of sp³-hybridized carbons (Fsp3) is 1.00. The Bertz CT molecular complexity index is 178. The summed E-state index contributed by atoms with van der Waals surface area (Å²) >= 11 is 0. The number of methoxy groups -OCH3 is 1. The van der Waals surface area contributed by atoms with Gasteiger partial charge in [-0.3, -0.25) is 0 Å². The Morgan fingerprint density at radius 3 is 3.00 bits per heavy atom. The molecule has 0 aromatic heterocycles. The van der Waals surface area contributed by atoms with Crippen molar-refractivity contribution in [2.45, 2.75) is 25.3 Å². The van der Waals surface area contributed by atoms with Gasteiger partial charge >= 0.3 is 0 Å². The summed E-state index contributed by atoms with van der Waals surface area (Å²) < 4.78 is 5.03. The van der Waals surface area contributed by atoms with Crippen LogP contribution >= 0.6 is 0 Å². The van der Waals surface area contributed by atoms with Gasteiger partial charge in [-0.25, -0.2) is 0 Å². The highest BCUT2D eigenvalue weighted by Gasteiger charge is 2.38. The Kier molecular flexibility index (Phi) is 5.53. The molecule has 0 aromatic rings. The molecule has 3 N–H and O–H groups in total. The number of hydrogen-bond acceptors (Lipinski definition) is 4. The van der Waals surface area contributed by atoms with E-state index < -0.39 is 0 Å². The van der Waals surface area contributed by atoms with Crippen LogP contribution in [0.15, 0.2) is 0 Å². The molecule has 4 heteroatoms. The number of aliphatic hydroxyl groups is 1. The molecule has 90 valence electrons. The first-order chi connectivity index (χ1) is 7.29. The molecule has 0 bridgehead atoms. The van der Waals surface area contributed by atoms with Crippen molar-refractivity contribution in [2.24, 2.45) is 5.92 Å². The summed E-state index contributed by atoms with van der Waals surface area (Å²) in [5.74, 6) is 0.508. The van der Waals surface area contributed by atoms with Gasteiger partial charge in [0, 0.05) is 19.2 Å². The van der Waals surface area contributed by atoms with Crippen LogP contribution in [0.2, 0.25) is 0 Å². The second kappa shape index (κ2) is 6.43. The van der Waals surface area contributed by atoms with E-state index in [0.29, 0.717) is 12.5 Å². The highest BCUT2D eigenvalue weighted by Crippen LogP contribution is 2.26. The smallest absolute Gasteiger partial charge is 0.0617 e. The van der Waals surface area contributed by atoms with Crippen LogP contribution in [-0.2, 0) is 4.74 Å². The molecule has 15 heavy (non-hydrogen) atoms. The third kappa shape index (κ3) is 3.14. The number of nitrogens with one attached hydrogen (secondary N) is 2. The SMILES string of the molecule is CCC1CNCCC1(CO)NCCOC. The van der Waals surface area contributed by atoms with E-state index in [1.54, 1.807) is 7.11 Å². The van der Waals surface area contributed by atoms with Gasteiger partial charge in [0.05, 0.1) is 13.2 Å². The van der Waals surface area contributed by atoms with Gasteiger partial charge < -0.3 is 20.5 Å². The number of aliphatic hydroxyl groups excluding tert-OH is 1. The van der Waals surface area contributed by atoms with E-state index in [1.165, 1.54) is 0 Å². The summed E-state index contributed by atoms with van der Waals surface area (Å²) in [7, 11) is 1.70. The average Bonchev–Trinajstić information content (AvgIpc) is 2.30. The van der Waals surface area contributed by atoms with Crippen molar-refractivity contribution in [3.8, 4) is 0 Å². The molecule has 0 radical (unpaired) electrons. The van der Waals surface area contributed by atoms with Crippen LogP contribution in [0.4, 0.5) is 0 Å². The van der Waals surface area contributed by atoms with Gasteiger partial charge in [-0.05, 0) is 25.4 Å². The third-order valence-electron chi connectivity index (χ3n) is 3.48. The first kappa shape index (κ1) is 12.9. The molecular weight excluding hydrogens is 192 g/mol. The average molecular weight is 216 g/mol. The van der Waals surface area contributed by atoms with E-state index in [4.69, 9.17) is 4.74 Å². The predicted octanol–water partition coefficient (Wildman–Crippen LogP) is -0.0270. The number of hydrogen-bond donors (Lipinski definition) is 3. The fourth-order valence-corrected chi connectivity index (χ4v) is 2.42. The maximum atomic E-state index is 9.61. The molecule has 0 spiro atoms. The summed E-state index contributed by atoms with van der Waals surface area (Å²) in [6.45, 7) is 5.89. The second-order valence-electron chi connectivity index (χ2n) is 4.29. The minimum Gasteiger partial charge on any atom is -0.394 e. The van der Waals surface area contributed by atoms with Crippen LogP contribution in [0.25, 0.3) is 0 Å². The van der Waals surface area contributed by atoms with Crippen molar-refractivity contribution in [3.63, 3.8) is 0 Å². The second-order valence-corrected chi connectivity index (χ2v) is 4.29. The van der Waals surface area contributed by atoms with Crippen molar-refractivity contribution < 1.29 is 9.84 Å². The third-order valence-corrected chi connectivity index (χ3v) is 3.48. The van der Waals surface area contributed by atoms with Crippen LogP contribution in [0.3, 0.4) is 0 Å². The lowest BCUT2D eigenvalue weighted by molar-refractivity contribution is 0.0646. The highest BCUT2D eigenvalue weighted by atomic mass is 16.5. The summed E-state index contributed by atoms with van der Waals surface area (Å²) in [6, 6.07) is 0. The van der Waals surface area contributed by atoms with Gasteiger partial charge in [0.25, 0.3) is 0 Å². The van der Waals surface area contributed by atoms with Crippen LogP contribution in [0, 0.1) is 5.92 Å². The van der Waals surface area contributed by atoms with E-state index in [2.05, 4.69) is 17.6 Å². The molecule has 1 fully saturated rings. The van der Waals surface area contributed by atoms with E-state index in [1.807, 2.05) is 0 Å². The first-order valence-corrected chi connectivity index (χ1v) is 5.84. The molecule has 1 heterocycles. The fourth-order valence-electron chi connectivity index (χ4n) is 2.42. The van der Waals surface area contributed by atoms with E-state index in [0.717, 1.165) is 32.5 Å². The molecular formula is C11H24N2O2. The lowest BCUT2D eigenvalue weighted by atomic mass is 9.77. The largest absolute Gasteiger partial charge is 0.394 e. The topological polar surface area (TPSA) is 53.5 Å². The van der Waals surface area contributed by atoms with Crippen molar-refractivity contribution in [1.82, 2.24) is 10.6 Å². The standard InChI is InChI=1S/C11H24N2O2/c1-3-10-8-12-5-4-11(10,9-14)13-6-7-15-2/h10,12-14H,3-9H2,1-2H3. The lowest BCUT2D eigenvalue weighted by Gasteiger charge is -2.44. The molecule has 2 unspecified atom stereocenters. The van der Waals surface area contributed by atoms with E-state index >= 15 is 0 Å². The van der Waals surface area contributed by atoms with Gasteiger partial charge in [-0.15, -0.1) is 0 Å². The van der Waals surface area contributed by atoms with Gasteiger partial charge in [0.2, 0.25) is 0 Å². The maximum Gasteiger partial charge on any atom is 0.0617 e.